The van der Waals surface area contributed by atoms with Crippen molar-refractivity contribution >= 4 is 12.0 Å². The molecule has 5 atom stereocenters. The van der Waals surface area contributed by atoms with E-state index in [1.807, 2.05) is 0 Å². The lowest BCUT2D eigenvalue weighted by Gasteiger charge is -2.58. The van der Waals surface area contributed by atoms with Gasteiger partial charge in [-0.05, 0) is 68.1 Å². The van der Waals surface area contributed by atoms with E-state index in [1.54, 1.807) is 0 Å². The van der Waals surface area contributed by atoms with Gasteiger partial charge in [0.2, 0.25) is 5.91 Å². The summed E-state index contributed by atoms with van der Waals surface area (Å²) in [5.74, 6) is 1.87. The van der Waals surface area contributed by atoms with Gasteiger partial charge in [0, 0.05) is 12.6 Å². The molecule has 0 aromatic rings. The molecule has 23 heavy (non-hydrogen) atoms. The van der Waals surface area contributed by atoms with Crippen molar-refractivity contribution in [2.24, 2.45) is 29.6 Å². The summed E-state index contributed by atoms with van der Waals surface area (Å²) in [7, 11) is 0. The molecule has 0 aromatic heterocycles. The van der Waals surface area contributed by atoms with E-state index >= 15 is 0 Å². The average Bonchev–Trinajstić information content (AvgIpc) is 3.11. The lowest BCUT2D eigenvalue weighted by molar-refractivity contribution is -0.148. The third kappa shape index (κ3) is 2.03. The topological polar surface area (TPSA) is 89.9 Å². The van der Waals surface area contributed by atoms with Gasteiger partial charge < -0.3 is 15.5 Å². The first-order valence-electron chi connectivity index (χ1n) is 8.96. The normalized spacial score (nSPS) is 52.4. The van der Waals surface area contributed by atoms with Crippen LogP contribution in [0.15, 0.2) is 0 Å². The fourth-order valence-electron chi connectivity index (χ4n) is 6.46. The van der Waals surface area contributed by atoms with E-state index < -0.39 is 17.7 Å². The Bertz CT molecular complexity index is 563. The second-order valence-corrected chi connectivity index (χ2v) is 8.77. The van der Waals surface area contributed by atoms with Crippen LogP contribution in [0.5, 0.6) is 0 Å². The number of carboxylic acid groups (broad SMARTS) is 1. The molecular formula is C17H24N2O4. The highest BCUT2D eigenvalue weighted by Crippen LogP contribution is 2.56. The van der Waals surface area contributed by atoms with Crippen molar-refractivity contribution < 1.29 is 19.8 Å². The van der Waals surface area contributed by atoms with E-state index in [9.17, 15) is 19.8 Å². The molecule has 0 spiro atoms. The summed E-state index contributed by atoms with van der Waals surface area (Å²) >= 11 is 0. The molecule has 126 valence electrons. The van der Waals surface area contributed by atoms with Crippen molar-refractivity contribution in [3.8, 4) is 0 Å². The molecule has 6 fully saturated rings. The lowest BCUT2D eigenvalue weighted by atomic mass is 9.52. The summed E-state index contributed by atoms with van der Waals surface area (Å²) < 4.78 is 0. The minimum atomic E-state index is -0.975. The number of hydrogen-bond donors (Lipinski definition) is 3. The van der Waals surface area contributed by atoms with E-state index in [1.165, 1.54) is 4.90 Å². The Balaban J connectivity index is 1.32. The predicted molar refractivity (Wildman–Crippen MR) is 80.6 cm³/mol. The van der Waals surface area contributed by atoms with Crippen LogP contribution in [-0.4, -0.2) is 51.3 Å². The van der Waals surface area contributed by atoms with Crippen molar-refractivity contribution in [1.29, 1.82) is 0 Å². The zero-order valence-electron chi connectivity index (χ0n) is 13.1. The van der Waals surface area contributed by atoms with Gasteiger partial charge in [0.25, 0.3) is 0 Å². The summed E-state index contributed by atoms with van der Waals surface area (Å²) in [6.45, 7) is 0.511. The first kappa shape index (κ1) is 14.1. The molecule has 2 amide bonds. The molecule has 1 aliphatic heterocycles. The maximum absolute atomic E-state index is 12.8. The van der Waals surface area contributed by atoms with E-state index in [0.717, 1.165) is 38.5 Å². The second-order valence-electron chi connectivity index (χ2n) is 8.77. The van der Waals surface area contributed by atoms with Crippen LogP contribution in [0, 0.1) is 29.6 Å². The third-order valence-corrected chi connectivity index (χ3v) is 7.21. The maximum atomic E-state index is 12.8. The Labute approximate surface area is 135 Å². The molecule has 1 saturated heterocycles. The second kappa shape index (κ2) is 4.41. The molecule has 0 radical (unpaired) electrons. The number of nitrogens with one attached hydrogen (secondary N) is 1. The van der Waals surface area contributed by atoms with Gasteiger partial charge in [0.1, 0.15) is 6.04 Å². The number of carbonyl (C=O) groups is 2. The summed E-state index contributed by atoms with van der Waals surface area (Å²) in [6, 6.07) is -0.356. The van der Waals surface area contributed by atoms with Gasteiger partial charge in [-0.15, -0.1) is 0 Å². The quantitative estimate of drug-likeness (QED) is 0.709. The zero-order chi connectivity index (χ0) is 15.9. The number of carbonyl (C=O) groups excluding carboxylic acids is 1. The van der Waals surface area contributed by atoms with Gasteiger partial charge in [0.15, 0.2) is 0 Å². The van der Waals surface area contributed by atoms with E-state index in [0.29, 0.717) is 30.2 Å². The molecule has 6 nitrogen and oxygen atoms in total. The Morgan fingerprint density at radius 3 is 2.35 bits per heavy atom. The minimum absolute atomic E-state index is 0.0955. The largest absolute Gasteiger partial charge is 0.465 e. The van der Waals surface area contributed by atoms with Gasteiger partial charge in [-0.3, -0.25) is 9.69 Å². The molecule has 6 rings (SSSR count). The summed E-state index contributed by atoms with van der Waals surface area (Å²) in [5.41, 5.74) is -0.500. The Morgan fingerprint density at radius 2 is 1.74 bits per heavy atom. The van der Waals surface area contributed by atoms with Gasteiger partial charge in [-0.25, -0.2) is 4.79 Å². The van der Waals surface area contributed by atoms with Crippen LogP contribution in [0.2, 0.25) is 0 Å². The fraction of sp³-hybridized carbons (Fsp3) is 0.882. The van der Waals surface area contributed by atoms with E-state index in [2.05, 4.69) is 5.32 Å². The van der Waals surface area contributed by atoms with Crippen LogP contribution in [0.3, 0.4) is 0 Å². The van der Waals surface area contributed by atoms with Crippen LogP contribution in [0.25, 0.3) is 0 Å². The number of rotatable bonds is 2. The highest BCUT2D eigenvalue weighted by molar-refractivity contribution is 5.87. The molecule has 6 aliphatic rings. The monoisotopic (exact) mass is 320 g/mol. The number of aliphatic hydroxyl groups is 1. The molecule has 2 unspecified atom stereocenters. The number of likely N-dealkylation sites (tertiary alicyclic amines) is 1. The van der Waals surface area contributed by atoms with Crippen LogP contribution in [-0.2, 0) is 4.79 Å². The third-order valence-electron chi connectivity index (χ3n) is 7.21. The molecule has 3 N–H and O–H groups in total. The number of fused-ring (bicyclic) bond motifs is 1. The molecule has 5 saturated carbocycles. The standard InChI is InChI=1S/C17H24N2O4/c20-15(14-12-3-11(12)7-19(14)16(21)22)18-13-9-1-8-2-10(13)6-17(23,4-8)5-9/h8-14,23H,1-7H2,(H,18,20)(H,21,22)/t8?,9?,10?,11-,12-,13?,14+,17?/m0/s1. The lowest BCUT2D eigenvalue weighted by Crippen LogP contribution is -2.63. The molecular weight excluding hydrogens is 296 g/mol. The Morgan fingerprint density at radius 1 is 1.04 bits per heavy atom. The first-order valence-corrected chi connectivity index (χ1v) is 8.96. The highest BCUT2D eigenvalue weighted by atomic mass is 16.4. The van der Waals surface area contributed by atoms with Crippen LogP contribution in [0.1, 0.15) is 38.5 Å². The van der Waals surface area contributed by atoms with Crippen molar-refractivity contribution in [2.45, 2.75) is 56.2 Å². The van der Waals surface area contributed by atoms with E-state index in [-0.39, 0.29) is 17.9 Å². The fourth-order valence-corrected chi connectivity index (χ4v) is 6.46. The minimum Gasteiger partial charge on any atom is -0.465 e. The molecule has 4 bridgehead atoms. The summed E-state index contributed by atoms with van der Waals surface area (Å²) in [6.07, 6.45) is 4.74. The van der Waals surface area contributed by atoms with Crippen molar-refractivity contribution in [3.05, 3.63) is 0 Å². The van der Waals surface area contributed by atoms with Gasteiger partial charge in [0.05, 0.1) is 5.60 Å². The predicted octanol–water partition coefficient (Wildman–Crippen LogP) is 1.04. The summed E-state index contributed by atoms with van der Waals surface area (Å²) in [5, 5.41) is 23.2. The van der Waals surface area contributed by atoms with Crippen LogP contribution in [0.4, 0.5) is 4.79 Å². The SMILES string of the molecule is O=C(NC1C2CC3CC1CC(O)(C3)C2)[C@H]1[C@H]2C[C@H]2CN1C(=O)O. The number of piperidine rings is 1. The highest BCUT2D eigenvalue weighted by Gasteiger charge is 2.59. The van der Waals surface area contributed by atoms with Crippen LogP contribution >= 0.6 is 0 Å². The molecule has 0 aromatic carbocycles. The molecule has 6 heteroatoms. The van der Waals surface area contributed by atoms with Gasteiger partial charge >= 0.3 is 6.09 Å². The van der Waals surface area contributed by atoms with Crippen LogP contribution < -0.4 is 5.32 Å². The van der Waals surface area contributed by atoms with Crippen molar-refractivity contribution in [2.75, 3.05) is 6.54 Å². The van der Waals surface area contributed by atoms with Crippen molar-refractivity contribution in [1.82, 2.24) is 10.2 Å². The number of amides is 2. The zero-order valence-corrected chi connectivity index (χ0v) is 13.1. The smallest absolute Gasteiger partial charge is 0.407 e. The summed E-state index contributed by atoms with van der Waals surface area (Å²) in [4.78, 5) is 25.5. The Hall–Kier alpha value is -1.30. The first-order chi connectivity index (χ1) is 10.9. The van der Waals surface area contributed by atoms with E-state index in [4.69, 9.17) is 0 Å². The maximum Gasteiger partial charge on any atom is 0.407 e. The molecule has 5 aliphatic carbocycles. The number of nitrogens with zero attached hydrogens (tertiary/aromatic N) is 1. The van der Waals surface area contributed by atoms with Crippen molar-refractivity contribution in [3.63, 3.8) is 0 Å². The Kier molecular flexibility index (Phi) is 2.70. The average molecular weight is 320 g/mol. The van der Waals surface area contributed by atoms with Gasteiger partial charge in [-0.2, -0.15) is 0 Å². The molecule has 1 heterocycles. The van der Waals surface area contributed by atoms with Gasteiger partial charge in [-0.1, -0.05) is 0 Å². The number of hydrogen-bond acceptors (Lipinski definition) is 3.